The number of nitrogens with zero attached hydrogens (tertiary/aromatic N) is 6. The van der Waals surface area contributed by atoms with E-state index in [2.05, 4.69) is 52.5 Å². The van der Waals surface area contributed by atoms with Gasteiger partial charge in [0.15, 0.2) is 5.78 Å². The van der Waals surface area contributed by atoms with Gasteiger partial charge in [-0.2, -0.15) is 9.97 Å². The van der Waals surface area contributed by atoms with Crippen molar-refractivity contribution in [1.82, 2.24) is 14.9 Å². The summed E-state index contributed by atoms with van der Waals surface area (Å²) in [6, 6.07) is 2.23. The van der Waals surface area contributed by atoms with Crippen LogP contribution in [-0.4, -0.2) is 85.3 Å². The molecule has 4 heterocycles. The van der Waals surface area contributed by atoms with Crippen LogP contribution in [0.2, 0.25) is 0 Å². The number of fused-ring (bicyclic) bond motifs is 5. The second-order valence-electron chi connectivity index (χ2n) is 17.0. The number of carbonyl (C=O) groups is 2. The van der Waals surface area contributed by atoms with E-state index in [-0.39, 0.29) is 16.7 Å². The normalized spacial score (nSPS) is 35.3. The maximum Gasteiger partial charge on any atom is 0.229 e. The molecule has 8 heteroatoms. The van der Waals surface area contributed by atoms with Gasteiger partial charge in [-0.05, 0) is 100.0 Å². The molecule has 6 atom stereocenters. The number of ketones is 2. The minimum absolute atomic E-state index is 0.0628. The first-order valence-electron chi connectivity index (χ1n) is 19.6. The van der Waals surface area contributed by atoms with Gasteiger partial charge in [-0.3, -0.25) is 14.5 Å². The van der Waals surface area contributed by atoms with Gasteiger partial charge in [-0.25, -0.2) is 0 Å². The van der Waals surface area contributed by atoms with E-state index in [0.29, 0.717) is 42.2 Å². The summed E-state index contributed by atoms with van der Waals surface area (Å²) in [6.07, 6.45) is 17.2. The molecule has 5 fully saturated rings. The number of allylic oxidation sites excluding steroid dienone is 4. The predicted molar refractivity (Wildman–Crippen MR) is 193 cm³/mol. The third-order valence-corrected chi connectivity index (χ3v) is 14.1. The van der Waals surface area contributed by atoms with Crippen molar-refractivity contribution < 1.29 is 9.59 Å². The number of aromatic nitrogens is 2. The summed E-state index contributed by atoms with van der Waals surface area (Å²) in [6.45, 7) is 16.5. The fraction of sp³-hybridized carbons (Fsp3) is 0.750. The van der Waals surface area contributed by atoms with Gasteiger partial charge in [0.1, 0.15) is 17.4 Å². The third kappa shape index (κ3) is 5.72. The number of carbonyl (C=O) groups excluding carboxylic acids is 2. The summed E-state index contributed by atoms with van der Waals surface area (Å²) in [5.41, 5.74) is 3.11. The fourth-order valence-corrected chi connectivity index (χ4v) is 11.5. The average molecular weight is 655 g/mol. The molecule has 2 saturated carbocycles. The number of rotatable bonds is 8. The monoisotopic (exact) mass is 654 g/mol. The second kappa shape index (κ2) is 12.9. The summed E-state index contributed by atoms with van der Waals surface area (Å²) in [4.78, 5) is 46.2. The molecule has 0 N–H and O–H groups in total. The lowest BCUT2D eigenvalue weighted by molar-refractivity contribution is -0.128. The zero-order chi connectivity index (χ0) is 33.0. The maximum atomic E-state index is 14.0. The van der Waals surface area contributed by atoms with Crippen molar-refractivity contribution in [3.05, 3.63) is 29.4 Å². The Labute approximate surface area is 288 Å². The van der Waals surface area contributed by atoms with Crippen LogP contribution in [0.4, 0.5) is 17.6 Å². The number of anilines is 3. The Hall–Kier alpha value is -2.74. The number of Topliss-reactive ketones (excluding diaryl/α,β-unsaturated/α-hetero) is 1. The van der Waals surface area contributed by atoms with E-state index in [1.54, 1.807) is 5.57 Å². The molecule has 0 aromatic carbocycles. The standard InChI is InChI=1S/C40H58N6O2/c1-28-25-33-31-11-10-29-26-30(47)12-14-39(29,2)32(31)13-15-40(33,3)37(28)34(48)9-8-16-43-21-23-45(24-22-43)36-27-35(44-17-4-5-18-44)41-38(42-36)46-19-6-7-20-46/h13,26-28,31,33,37H,4-12,14-25H2,1-3H3/t28?,31-,33+,37-,39+,40+/m1/s1. The van der Waals surface area contributed by atoms with Crippen LogP contribution >= 0.6 is 0 Å². The van der Waals surface area contributed by atoms with Gasteiger partial charge in [0, 0.05) is 82.6 Å². The van der Waals surface area contributed by atoms with Gasteiger partial charge in [0.2, 0.25) is 5.95 Å². The summed E-state index contributed by atoms with van der Waals surface area (Å²) < 4.78 is 0. The number of piperazine rings is 1. The first kappa shape index (κ1) is 32.5. The molecule has 0 radical (unpaired) electrons. The molecular weight excluding hydrogens is 596 g/mol. The van der Waals surface area contributed by atoms with Crippen molar-refractivity contribution in [2.75, 3.05) is 73.6 Å². The SMILES string of the molecule is CC1C[C@H]2[C@@H]3CCC4=CC(=O)CC[C@]4(C)C3=CC[C@]2(C)[C@H]1C(=O)CCCN1CCN(c2cc(N3CCCC3)nc(N3CCCC3)n2)CC1. The Balaban J connectivity index is 0.872. The van der Waals surface area contributed by atoms with Crippen LogP contribution in [0.15, 0.2) is 29.4 Å². The number of hydrogen-bond donors (Lipinski definition) is 0. The smallest absolute Gasteiger partial charge is 0.229 e. The Morgan fingerprint density at radius 2 is 1.56 bits per heavy atom. The van der Waals surface area contributed by atoms with Crippen LogP contribution in [0.25, 0.3) is 0 Å². The lowest BCUT2D eigenvalue weighted by Crippen LogP contribution is -2.47. The molecule has 48 heavy (non-hydrogen) atoms. The lowest BCUT2D eigenvalue weighted by atomic mass is 9.51. The second-order valence-corrected chi connectivity index (χ2v) is 17.0. The molecule has 0 amide bonds. The van der Waals surface area contributed by atoms with Crippen LogP contribution in [0.3, 0.4) is 0 Å². The average Bonchev–Trinajstić information content (AvgIpc) is 3.86. The molecule has 1 aromatic rings. The van der Waals surface area contributed by atoms with E-state index in [9.17, 15) is 9.59 Å². The first-order valence-corrected chi connectivity index (χ1v) is 19.6. The van der Waals surface area contributed by atoms with Crippen LogP contribution < -0.4 is 14.7 Å². The Morgan fingerprint density at radius 3 is 2.27 bits per heavy atom. The summed E-state index contributed by atoms with van der Waals surface area (Å²) in [7, 11) is 0. The molecule has 1 aromatic heterocycles. The molecule has 7 aliphatic rings. The number of hydrogen-bond acceptors (Lipinski definition) is 8. The highest BCUT2D eigenvalue weighted by Crippen LogP contribution is 2.65. The van der Waals surface area contributed by atoms with E-state index in [1.807, 2.05) is 6.08 Å². The third-order valence-electron chi connectivity index (χ3n) is 14.1. The molecule has 0 spiro atoms. The van der Waals surface area contributed by atoms with Crippen LogP contribution in [-0.2, 0) is 9.59 Å². The van der Waals surface area contributed by atoms with Gasteiger partial charge in [0.25, 0.3) is 0 Å². The molecule has 1 unspecified atom stereocenters. The van der Waals surface area contributed by atoms with Crippen LogP contribution in [0.5, 0.6) is 0 Å². The molecule has 260 valence electrons. The summed E-state index contributed by atoms with van der Waals surface area (Å²) in [5.74, 6) is 5.71. The molecule has 3 aliphatic heterocycles. The maximum absolute atomic E-state index is 14.0. The first-order chi connectivity index (χ1) is 23.2. The van der Waals surface area contributed by atoms with Crippen LogP contribution in [0.1, 0.15) is 97.8 Å². The molecular formula is C40H58N6O2. The van der Waals surface area contributed by atoms with Crippen LogP contribution in [0, 0.1) is 34.5 Å². The lowest BCUT2D eigenvalue weighted by Gasteiger charge is -2.53. The van der Waals surface area contributed by atoms with Crippen molar-refractivity contribution in [3.63, 3.8) is 0 Å². The summed E-state index contributed by atoms with van der Waals surface area (Å²) in [5, 5.41) is 0. The molecule has 8 rings (SSSR count). The van der Waals surface area contributed by atoms with Crippen molar-refractivity contribution >= 4 is 29.2 Å². The van der Waals surface area contributed by atoms with E-state index in [1.165, 1.54) is 37.7 Å². The highest BCUT2D eigenvalue weighted by atomic mass is 16.1. The van der Waals surface area contributed by atoms with E-state index in [0.717, 1.165) is 109 Å². The predicted octanol–water partition coefficient (Wildman–Crippen LogP) is 6.46. The van der Waals surface area contributed by atoms with Gasteiger partial charge in [-0.1, -0.05) is 38.0 Å². The van der Waals surface area contributed by atoms with Crippen molar-refractivity contribution in [2.24, 2.45) is 34.5 Å². The zero-order valence-corrected chi connectivity index (χ0v) is 29.9. The molecule has 4 aliphatic carbocycles. The van der Waals surface area contributed by atoms with Crippen molar-refractivity contribution in [2.45, 2.75) is 97.8 Å². The Morgan fingerprint density at radius 1 is 0.896 bits per heavy atom. The van der Waals surface area contributed by atoms with E-state index in [4.69, 9.17) is 9.97 Å². The van der Waals surface area contributed by atoms with Gasteiger partial charge < -0.3 is 14.7 Å². The Bertz CT molecular complexity index is 1430. The largest absolute Gasteiger partial charge is 0.356 e. The van der Waals surface area contributed by atoms with Gasteiger partial charge in [0.05, 0.1) is 0 Å². The quantitative estimate of drug-likeness (QED) is 0.296. The summed E-state index contributed by atoms with van der Waals surface area (Å²) >= 11 is 0. The zero-order valence-electron chi connectivity index (χ0n) is 29.9. The topological polar surface area (TPSA) is 72.9 Å². The highest BCUT2D eigenvalue weighted by Gasteiger charge is 2.59. The minimum Gasteiger partial charge on any atom is -0.356 e. The van der Waals surface area contributed by atoms with Gasteiger partial charge in [-0.15, -0.1) is 0 Å². The Kier molecular flexibility index (Phi) is 8.70. The minimum atomic E-state index is 0.0628. The van der Waals surface area contributed by atoms with Gasteiger partial charge >= 0.3 is 0 Å². The molecule has 0 bridgehead atoms. The van der Waals surface area contributed by atoms with E-state index >= 15 is 0 Å². The fourth-order valence-electron chi connectivity index (χ4n) is 11.5. The van der Waals surface area contributed by atoms with Crippen molar-refractivity contribution in [1.29, 1.82) is 0 Å². The molecule has 8 nitrogen and oxygen atoms in total. The van der Waals surface area contributed by atoms with Crippen molar-refractivity contribution in [3.8, 4) is 0 Å². The highest BCUT2D eigenvalue weighted by molar-refractivity contribution is 5.92. The van der Waals surface area contributed by atoms with E-state index < -0.39 is 0 Å². The molecule has 3 saturated heterocycles.